The second kappa shape index (κ2) is 8.46. The van der Waals surface area contributed by atoms with Crippen LogP contribution < -0.4 is 10.6 Å². The van der Waals surface area contributed by atoms with E-state index in [4.69, 9.17) is 12.2 Å². The smallest absolute Gasteiger partial charge is 0.175 e. The van der Waals surface area contributed by atoms with Gasteiger partial charge in [-0.05, 0) is 49.0 Å². The van der Waals surface area contributed by atoms with Crippen LogP contribution in [0.2, 0.25) is 0 Å². The first-order valence-corrected chi connectivity index (χ1v) is 10.1. The largest absolute Gasteiger partial charge is 0.332 e. The monoisotopic (exact) mass is 373 g/mol. The molecule has 3 rings (SSSR count). The number of aromatic nitrogens is 1. The number of nitrogens with zero attached hydrogens (tertiary/aromatic N) is 1. The van der Waals surface area contributed by atoms with E-state index in [9.17, 15) is 0 Å². The third-order valence-corrected chi connectivity index (χ3v) is 5.83. The Hall–Kier alpha value is -1.63. The molecule has 6 heteroatoms. The van der Waals surface area contributed by atoms with E-state index in [0.29, 0.717) is 5.11 Å². The molecule has 2 aromatic carbocycles. The second-order valence-corrected chi connectivity index (χ2v) is 8.09. The number of para-hydroxylation sites is 1. The predicted molar refractivity (Wildman–Crippen MR) is 112 cm³/mol. The number of anilines is 2. The predicted octanol–water partition coefficient (Wildman–Crippen LogP) is 6.00. The molecule has 24 heavy (non-hydrogen) atoms. The van der Waals surface area contributed by atoms with Gasteiger partial charge in [0.15, 0.2) is 9.45 Å². The molecule has 0 aliphatic heterocycles. The van der Waals surface area contributed by atoms with E-state index in [1.807, 2.05) is 54.2 Å². The minimum absolute atomic E-state index is 0.586. The third-order valence-electron chi connectivity index (χ3n) is 3.38. The van der Waals surface area contributed by atoms with Crippen LogP contribution in [-0.4, -0.2) is 15.8 Å². The number of hydrogen-bond donors (Lipinski definition) is 2. The van der Waals surface area contributed by atoms with Crippen molar-refractivity contribution < 1.29 is 0 Å². The number of benzene rings is 2. The lowest BCUT2D eigenvalue weighted by molar-refractivity contribution is 0.896. The van der Waals surface area contributed by atoms with Crippen LogP contribution in [0.5, 0.6) is 0 Å². The topological polar surface area (TPSA) is 37.0 Å². The summed E-state index contributed by atoms with van der Waals surface area (Å²) in [4.78, 5) is 4.68. The highest BCUT2D eigenvalue weighted by Crippen LogP contribution is 2.31. The summed E-state index contributed by atoms with van der Waals surface area (Å²) < 4.78 is 2.32. The Labute approximate surface area is 155 Å². The molecule has 2 N–H and O–H groups in total. The van der Waals surface area contributed by atoms with Gasteiger partial charge in [-0.2, -0.15) is 0 Å². The van der Waals surface area contributed by atoms with Gasteiger partial charge in [-0.25, -0.2) is 4.98 Å². The fourth-order valence-electron chi connectivity index (χ4n) is 2.16. The summed E-state index contributed by atoms with van der Waals surface area (Å²) in [6.45, 7) is 2.21. The number of hydrogen-bond acceptors (Lipinski definition) is 4. The third kappa shape index (κ3) is 4.69. The summed E-state index contributed by atoms with van der Waals surface area (Å²) in [6, 6.07) is 16.1. The van der Waals surface area contributed by atoms with Crippen molar-refractivity contribution in [3.63, 3.8) is 0 Å². The maximum atomic E-state index is 5.38. The number of nitrogens with one attached hydrogen (secondary N) is 2. The van der Waals surface area contributed by atoms with Crippen LogP contribution in [0.4, 0.5) is 11.4 Å². The molecule has 0 bridgehead atoms. The highest BCUT2D eigenvalue weighted by atomic mass is 32.2. The zero-order valence-electron chi connectivity index (χ0n) is 13.4. The fraction of sp³-hybridized carbons (Fsp3) is 0.222. The molecule has 3 aromatic rings. The van der Waals surface area contributed by atoms with Gasteiger partial charge in [-0.3, -0.25) is 0 Å². The van der Waals surface area contributed by atoms with Crippen LogP contribution in [0.25, 0.3) is 10.2 Å². The van der Waals surface area contributed by atoms with Gasteiger partial charge in [0.2, 0.25) is 0 Å². The van der Waals surface area contributed by atoms with Gasteiger partial charge < -0.3 is 10.6 Å². The molecule has 0 aliphatic rings. The van der Waals surface area contributed by atoms with E-state index in [2.05, 4.69) is 28.6 Å². The van der Waals surface area contributed by atoms with Gasteiger partial charge in [0.25, 0.3) is 0 Å². The fourth-order valence-corrected chi connectivity index (χ4v) is 4.66. The number of rotatable bonds is 6. The SMILES string of the molecule is CCCCSc1nc2ccc(NC(=S)Nc3ccccc3)cc2s1. The van der Waals surface area contributed by atoms with Gasteiger partial charge in [0, 0.05) is 17.1 Å². The van der Waals surface area contributed by atoms with Gasteiger partial charge in [0.05, 0.1) is 10.2 Å². The lowest BCUT2D eigenvalue weighted by atomic mass is 10.3. The number of thioether (sulfide) groups is 1. The minimum Gasteiger partial charge on any atom is -0.332 e. The molecule has 1 aromatic heterocycles. The molecule has 0 radical (unpaired) electrons. The van der Waals surface area contributed by atoms with Crippen molar-refractivity contribution in [2.75, 3.05) is 16.4 Å². The Balaban J connectivity index is 1.65. The first-order chi connectivity index (χ1) is 11.7. The van der Waals surface area contributed by atoms with E-state index < -0.39 is 0 Å². The lowest BCUT2D eigenvalue weighted by Crippen LogP contribution is -2.18. The first kappa shape index (κ1) is 17.2. The summed E-state index contributed by atoms with van der Waals surface area (Å²) in [6.07, 6.45) is 2.45. The Bertz CT molecular complexity index is 815. The highest BCUT2D eigenvalue weighted by molar-refractivity contribution is 8.01. The van der Waals surface area contributed by atoms with E-state index in [1.54, 1.807) is 11.3 Å². The molecule has 0 atom stereocenters. The van der Waals surface area contributed by atoms with Crippen LogP contribution in [-0.2, 0) is 0 Å². The number of fused-ring (bicyclic) bond motifs is 1. The molecular weight excluding hydrogens is 354 g/mol. The van der Waals surface area contributed by atoms with Crippen molar-refractivity contribution in [3.8, 4) is 0 Å². The van der Waals surface area contributed by atoms with E-state index in [0.717, 1.165) is 27.0 Å². The molecule has 0 saturated heterocycles. The van der Waals surface area contributed by atoms with Crippen molar-refractivity contribution in [2.45, 2.75) is 24.1 Å². The standard InChI is InChI=1S/C18H19N3S3/c1-2-3-11-23-18-21-15-10-9-14(12-16(15)24-18)20-17(22)19-13-7-5-4-6-8-13/h4-10,12H,2-3,11H2,1H3,(H2,19,20,22). The van der Waals surface area contributed by atoms with Gasteiger partial charge >= 0.3 is 0 Å². The minimum atomic E-state index is 0.586. The molecule has 0 unspecified atom stereocenters. The molecular formula is C18H19N3S3. The van der Waals surface area contributed by atoms with Crippen molar-refractivity contribution in [2.24, 2.45) is 0 Å². The van der Waals surface area contributed by atoms with Crippen molar-refractivity contribution in [1.29, 1.82) is 0 Å². The van der Waals surface area contributed by atoms with Gasteiger partial charge in [-0.1, -0.05) is 43.3 Å². The van der Waals surface area contributed by atoms with Gasteiger partial charge in [-0.15, -0.1) is 11.3 Å². The molecule has 0 spiro atoms. The Morgan fingerprint density at radius 3 is 2.71 bits per heavy atom. The van der Waals surface area contributed by atoms with Crippen molar-refractivity contribution in [3.05, 3.63) is 48.5 Å². The number of thiazole rings is 1. The summed E-state index contributed by atoms with van der Waals surface area (Å²) in [7, 11) is 0. The van der Waals surface area contributed by atoms with E-state index in [1.165, 1.54) is 17.5 Å². The zero-order valence-corrected chi connectivity index (χ0v) is 15.9. The maximum absolute atomic E-state index is 5.38. The summed E-state index contributed by atoms with van der Waals surface area (Å²) in [5.41, 5.74) is 3.00. The van der Waals surface area contributed by atoms with Crippen LogP contribution in [0, 0.1) is 0 Å². The molecule has 0 aliphatic carbocycles. The average molecular weight is 374 g/mol. The number of thiocarbonyl (C=S) groups is 1. The van der Waals surface area contributed by atoms with Crippen LogP contribution in [0.1, 0.15) is 19.8 Å². The maximum Gasteiger partial charge on any atom is 0.175 e. The Kier molecular flexibility index (Phi) is 6.07. The van der Waals surface area contributed by atoms with Gasteiger partial charge in [0.1, 0.15) is 0 Å². The molecule has 0 amide bonds. The Morgan fingerprint density at radius 1 is 1.12 bits per heavy atom. The summed E-state index contributed by atoms with van der Waals surface area (Å²) in [5, 5.41) is 7.00. The molecule has 124 valence electrons. The molecule has 0 fully saturated rings. The van der Waals surface area contributed by atoms with Crippen molar-refractivity contribution >= 4 is 62.0 Å². The van der Waals surface area contributed by atoms with Crippen molar-refractivity contribution in [1.82, 2.24) is 4.98 Å². The van der Waals surface area contributed by atoms with E-state index >= 15 is 0 Å². The summed E-state index contributed by atoms with van der Waals surface area (Å²) in [5.74, 6) is 1.13. The summed E-state index contributed by atoms with van der Waals surface area (Å²) >= 11 is 8.96. The van der Waals surface area contributed by atoms with E-state index in [-0.39, 0.29) is 0 Å². The van der Waals surface area contributed by atoms with Crippen LogP contribution in [0.15, 0.2) is 52.9 Å². The molecule has 1 heterocycles. The first-order valence-electron chi connectivity index (χ1n) is 7.91. The zero-order chi connectivity index (χ0) is 16.8. The van der Waals surface area contributed by atoms with Crippen LogP contribution in [0.3, 0.4) is 0 Å². The highest BCUT2D eigenvalue weighted by Gasteiger charge is 2.06. The normalized spacial score (nSPS) is 10.7. The lowest BCUT2D eigenvalue weighted by Gasteiger charge is -2.10. The number of unbranched alkanes of at least 4 members (excludes halogenated alkanes) is 1. The second-order valence-electron chi connectivity index (χ2n) is 5.31. The molecule has 3 nitrogen and oxygen atoms in total. The Morgan fingerprint density at radius 2 is 1.92 bits per heavy atom. The quantitative estimate of drug-likeness (QED) is 0.315. The molecule has 0 saturated carbocycles. The van der Waals surface area contributed by atoms with Crippen LogP contribution >= 0.6 is 35.3 Å². The average Bonchev–Trinajstić information content (AvgIpc) is 2.98.